The summed E-state index contributed by atoms with van der Waals surface area (Å²) in [5.74, 6) is -0.526. The number of rotatable bonds is 6. The number of thioether (sulfide) groups is 1. The first-order valence-electron chi connectivity index (χ1n) is 5.93. The molecule has 0 aliphatic heterocycles. The number of hydrogen-bond acceptors (Lipinski definition) is 6. The lowest BCUT2D eigenvalue weighted by Gasteiger charge is -2.21. The Morgan fingerprint density at radius 3 is 2.60 bits per heavy atom. The summed E-state index contributed by atoms with van der Waals surface area (Å²) >= 11 is 2.71. The number of amides is 2. The molecule has 0 saturated carbocycles. The average Bonchev–Trinajstić information content (AvgIpc) is 2.80. The molecule has 6 nitrogen and oxygen atoms in total. The lowest BCUT2D eigenvalue weighted by atomic mass is 9.94. The fourth-order valence-electron chi connectivity index (χ4n) is 1.44. The molecule has 1 rings (SSSR count). The van der Waals surface area contributed by atoms with Gasteiger partial charge in [-0.05, 0) is 20.1 Å². The Balaban J connectivity index is 2.99. The molecular weight excluding hydrogens is 298 g/mol. The van der Waals surface area contributed by atoms with Gasteiger partial charge in [-0.1, -0.05) is 23.1 Å². The highest BCUT2D eigenvalue weighted by Crippen LogP contribution is 2.31. The topological polar surface area (TPSA) is 80.3 Å². The third-order valence-corrected chi connectivity index (χ3v) is 4.53. The van der Waals surface area contributed by atoms with Crippen LogP contribution in [0.3, 0.4) is 0 Å². The molecule has 2 N–H and O–H groups in total. The van der Waals surface area contributed by atoms with Gasteiger partial charge in [-0.15, -0.1) is 0 Å². The molecule has 0 aromatic carbocycles. The molecule has 20 heavy (non-hydrogen) atoms. The summed E-state index contributed by atoms with van der Waals surface area (Å²) in [5.41, 5.74) is -0.443. The van der Waals surface area contributed by atoms with Gasteiger partial charge in [0.2, 0.25) is 5.91 Å². The Morgan fingerprint density at radius 1 is 1.45 bits per heavy atom. The zero-order valence-corrected chi connectivity index (χ0v) is 13.8. The van der Waals surface area contributed by atoms with Gasteiger partial charge < -0.3 is 15.4 Å². The van der Waals surface area contributed by atoms with Crippen LogP contribution in [-0.2, 0) is 9.53 Å². The minimum absolute atomic E-state index is 0.208. The van der Waals surface area contributed by atoms with Crippen molar-refractivity contribution < 1.29 is 14.3 Å². The number of anilines is 1. The number of hydrogen-bond donors (Lipinski definition) is 2. The molecule has 0 aliphatic carbocycles. The second kappa shape index (κ2) is 7.05. The van der Waals surface area contributed by atoms with Crippen LogP contribution in [0.5, 0.6) is 0 Å². The van der Waals surface area contributed by atoms with E-state index >= 15 is 0 Å². The van der Waals surface area contributed by atoms with E-state index in [2.05, 4.69) is 15.6 Å². The summed E-state index contributed by atoms with van der Waals surface area (Å²) < 4.78 is 5.76. The van der Waals surface area contributed by atoms with Crippen LogP contribution in [0.2, 0.25) is 0 Å². The lowest BCUT2D eigenvalue weighted by molar-refractivity contribution is -0.126. The van der Waals surface area contributed by atoms with Crippen molar-refractivity contribution in [3.05, 3.63) is 5.69 Å². The molecule has 1 heterocycles. The number of nitrogens with one attached hydrogen (secondary N) is 2. The van der Waals surface area contributed by atoms with Crippen LogP contribution in [0, 0.1) is 5.41 Å². The molecule has 0 radical (unpaired) electrons. The van der Waals surface area contributed by atoms with Gasteiger partial charge in [-0.3, -0.25) is 9.59 Å². The van der Waals surface area contributed by atoms with E-state index in [1.165, 1.54) is 30.1 Å². The molecule has 1 aromatic rings. The van der Waals surface area contributed by atoms with Gasteiger partial charge in [0.1, 0.15) is 5.00 Å². The fourth-order valence-corrected chi connectivity index (χ4v) is 2.90. The zero-order valence-electron chi connectivity index (χ0n) is 12.2. The Bertz CT molecular complexity index is 500. The van der Waals surface area contributed by atoms with E-state index in [0.29, 0.717) is 11.6 Å². The molecule has 8 heteroatoms. The molecule has 0 bridgehead atoms. The summed E-state index contributed by atoms with van der Waals surface area (Å²) in [6, 6.07) is 0. The smallest absolute Gasteiger partial charge is 0.272 e. The van der Waals surface area contributed by atoms with E-state index in [1.807, 2.05) is 6.26 Å². The number of ether oxygens (including phenoxy) is 1. The van der Waals surface area contributed by atoms with Gasteiger partial charge in [0.05, 0.1) is 12.0 Å². The summed E-state index contributed by atoms with van der Waals surface area (Å²) in [5, 5.41) is 5.75. The molecule has 0 aliphatic rings. The molecule has 0 fully saturated rings. The molecule has 0 saturated heterocycles. The van der Waals surface area contributed by atoms with Gasteiger partial charge >= 0.3 is 0 Å². The van der Waals surface area contributed by atoms with E-state index in [-0.39, 0.29) is 17.5 Å². The van der Waals surface area contributed by atoms with Gasteiger partial charge in [0.25, 0.3) is 5.91 Å². The van der Waals surface area contributed by atoms with E-state index in [4.69, 9.17) is 4.74 Å². The standard InChI is InChI=1S/C12H19N3O3S2/c1-12(2,6-18-4)10(17)15-9-7(8(16)13-3)14-11(19-5)20-9/h6H2,1-5H3,(H,13,16)(H,15,17). The summed E-state index contributed by atoms with van der Waals surface area (Å²) in [6.07, 6.45) is 1.87. The van der Waals surface area contributed by atoms with Crippen LogP contribution in [-0.4, -0.2) is 43.8 Å². The largest absolute Gasteiger partial charge is 0.384 e. The van der Waals surface area contributed by atoms with Crippen LogP contribution in [0.1, 0.15) is 24.3 Å². The normalized spacial score (nSPS) is 11.2. The van der Waals surface area contributed by atoms with Gasteiger partial charge in [0, 0.05) is 14.2 Å². The minimum atomic E-state index is -0.682. The van der Waals surface area contributed by atoms with Crippen molar-refractivity contribution in [2.75, 3.05) is 32.3 Å². The van der Waals surface area contributed by atoms with Crippen molar-refractivity contribution in [3.8, 4) is 0 Å². The van der Waals surface area contributed by atoms with Crippen molar-refractivity contribution in [1.82, 2.24) is 10.3 Å². The highest BCUT2D eigenvalue weighted by molar-refractivity contribution is 8.00. The minimum Gasteiger partial charge on any atom is -0.384 e. The van der Waals surface area contributed by atoms with Gasteiger partial charge in [-0.25, -0.2) is 4.98 Å². The molecule has 1 aromatic heterocycles. The SMILES string of the molecule is CNC(=O)c1nc(SC)sc1NC(=O)C(C)(C)COC. The van der Waals surface area contributed by atoms with Crippen molar-refractivity contribution in [2.45, 2.75) is 18.2 Å². The van der Waals surface area contributed by atoms with Crippen molar-refractivity contribution in [2.24, 2.45) is 5.41 Å². The number of carbonyl (C=O) groups excluding carboxylic acids is 2. The summed E-state index contributed by atoms with van der Waals surface area (Å²) in [4.78, 5) is 28.2. The Labute approximate surface area is 126 Å². The first-order chi connectivity index (χ1) is 9.35. The summed E-state index contributed by atoms with van der Waals surface area (Å²) in [7, 11) is 3.07. The Kier molecular flexibility index (Phi) is 5.97. The molecule has 0 unspecified atom stereocenters. The molecular formula is C12H19N3O3S2. The Morgan fingerprint density at radius 2 is 2.10 bits per heavy atom. The average molecular weight is 317 g/mol. The van der Waals surface area contributed by atoms with Crippen LogP contribution in [0.4, 0.5) is 5.00 Å². The monoisotopic (exact) mass is 317 g/mol. The highest BCUT2D eigenvalue weighted by Gasteiger charge is 2.29. The first-order valence-corrected chi connectivity index (χ1v) is 7.97. The van der Waals surface area contributed by atoms with Crippen LogP contribution >= 0.6 is 23.1 Å². The Hall–Kier alpha value is -1.12. The molecule has 0 atom stereocenters. The van der Waals surface area contributed by atoms with Crippen LogP contribution in [0.25, 0.3) is 0 Å². The maximum atomic E-state index is 12.2. The van der Waals surface area contributed by atoms with E-state index in [0.717, 1.165) is 4.34 Å². The highest BCUT2D eigenvalue weighted by atomic mass is 32.2. The number of nitrogens with zero attached hydrogens (tertiary/aromatic N) is 1. The van der Waals surface area contributed by atoms with Crippen molar-refractivity contribution in [1.29, 1.82) is 0 Å². The third-order valence-electron chi connectivity index (χ3n) is 2.57. The number of carbonyl (C=O) groups is 2. The van der Waals surface area contributed by atoms with E-state index in [9.17, 15) is 9.59 Å². The predicted molar refractivity (Wildman–Crippen MR) is 81.6 cm³/mol. The second-order valence-corrected chi connectivity index (χ2v) is 6.76. The van der Waals surface area contributed by atoms with Crippen molar-refractivity contribution >= 4 is 39.9 Å². The van der Waals surface area contributed by atoms with Gasteiger partial charge in [0.15, 0.2) is 10.0 Å². The van der Waals surface area contributed by atoms with Crippen molar-refractivity contribution in [3.63, 3.8) is 0 Å². The fraction of sp³-hybridized carbons (Fsp3) is 0.583. The zero-order chi connectivity index (χ0) is 15.3. The number of thiazole rings is 1. The molecule has 0 spiro atoms. The molecule has 2 amide bonds. The predicted octanol–water partition coefficient (Wildman–Crippen LogP) is 1.84. The second-order valence-electron chi connectivity index (χ2n) is 4.71. The van der Waals surface area contributed by atoms with Crippen LogP contribution < -0.4 is 10.6 Å². The molecule has 112 valence electrons. The maximum Gasteiger partial charge on any atom is 0.272 e. The quantitative estimate of drug-likeness (QED) is 0.783. The third kappa shape index (κ3) is 3.94. The number of aromatic nitrogens is 1. The number of methoxy groups -OCH3 is 1. The lowest BCUT2D eigenvalue weighted by Crippen LogP contribution is -2.35. The van der Waals surface area contributed by atoms with E-state index < -0.39 is 5.41 Å². The maximum absolute atomic E-state index is 12.2. The van der Waals surface area contributed by atoms with Crippen LogP contribution in [0.15, 0.2) is 4.34 Å². The van der Waals surface area contributed by atoms with E-state index in [1.54, 1.807) is 21.0 Å². The summed E-state index contributed by atoms with van der Waals surface area (Å²) in [6.45, 7) is 3.85. The first kappa shape index (κ1) is 16.9. The van der Waals surface area contributed by atoms with Gasteiger partial charge in [-0.2, -0.15) is 0 Å².